The molecule has 0 bridgehead atoms. The van der Waals surface area contributed by atoms with Gasteiger partial charge in [0.1, 0.15) is 0 Å². The van der Waals surface area contributed by atoms with Gasteiger partial charge in [0.2, 0.25) is 0 Å². The second kappa shape index (κ2) is 4.80. The molecule has 1 atom stereocenters. The predicted molar refractivity (Wildman–Crippen MR) is 59.6 cm³/mol. The summed E-state index contributed by atoms with van der Waals surface area (Å²) in [6, 6.07) is 0.175. The lowest BCUT2D eigenvalue weighted by Crippen LogP contribution is -2.23. The highest BCUT2D eigenvalue weighted by Gasteiger charge is 2.14. The van der Waals surface area contributed by atoms with Gasteiger partial charge in [0.05, 0.1) is 16.4 Å². The van der Waals surface area contributed by atoms with Crippen molar-refractivity contribution in [1.82, 2.24) is 9.78 Å². The van der Waals surface area contributed by atoms with Crippen molar-refractivity contribution in [1.29, 1.82) is 0 Å². The van der Waals surface area contributed by atoms with Crippen molar-refractivity contribution in [3.63, 3.8) is 0 Å². The normalized spacial score (nSPS) is 13.2. The molecule has 80 valence electrons. The lowest BCUT2D eigenvalue weighted by atomic mass is 10.1. The van der Waals surface area contributed by atoms with E-state index >= 15 is 0 Å². The summed E-state index contributed by atoms with van der Waals surface area (Å²) < 4.78 is 1.94. The first-order valence-corrected chi connectivity index (χ1v) is 5.45. The van der Waals surface area contributed by atoms with E-state index in [-0.39, 0.29) is 6.04 Å². The molecule has 4 heteroatoms. The van der Waals surface area contributed by atoms with Gasteiger partial charge < -0.3 is 5.73 Å². The Morgan fingerprint density at radius 2 is 2.14 bits per heavy atom. The van der Waals surface area contributed by atoms with Crippen molar-refractivity contribution in [2.24, 2.45) is 5.73 Å². The third-order valence-electron chi connectivity index (χ3n) is 2.43. The van der Waals surface area contributed by atoms with E-state index in [0.717, 1.165) is 35.8 Å². The number of halogens is 1. The van der Waals surface area contributed by atoms with Crippen LogP contribution >= 0.6 is 11.6 Å². The monoisotopic (exact) mass is 215 g/mol. The average molecular weight is 216 g/mol. The van der Waals surface area contributed by atoms with Crippen molar-refractivity contribution in [2.75, 3.05) is 0 Å². The molecular weight excluding hydrogens is 198 g/mol. The number of aryl methyl sites for hydroxylation is 2. The predicted octanol–water partition coefficient (Wildman–Crippen LogP) is 2.14. The molecule has 14 heavy (non-hydrogen) atoms. The van der Waals surface area contributed by atoms with Crippen LogP contribution in [0.4, 0.5) is 0 Å². The standard InChI is InChI=1S/C10H18ClN3/c1-4-8(12)6-9-10(11)7(3)13-14(9)5-2/h8H,4-6,12H2,1-3H3. The molecule has 1 heterocycles. The Morgan fingerprint density at radius 3 is 2.64 bits per heavy atom. The van der Waals surface area contributed by atoms with E-state index in [2.05, 4.69) is 18.9 Å². The molecule has 1 rings (SSSR count). The second-order valence-electron chi connectivity index (χ2n) is 3.53. The van der Waals surface area contributed by atoms with Gasteiger partial charge in [-0.1, -0.05) is 18.5 Å². The first-order valence-electron chi connectivity index (χ1n) is 5.07. The fourth-order valence-corrected chi connectivity index (χ4v) is 1.67. The third kappa shape index (κ3) is 2.28. The van der Waals surface area contributed by atoms with E-state index in [1.807, 2.05) is 11.6 Å². The average Bonchev–Trinajstić information content (AvgIpc) is 2.45. The lowest BCUT2D eigenvalue weighted by Gasteiger charge is -2.10. The highest BCUT2D eigenvalue weighted by atomic mass is 35.5. The molecule has 0 aliphatic heterocycles. The van der Waals surface area contributed by atoms with Crippen LogP contribution in [0.5, 0.6) is 0 Å². The zero-order chi connectivity index (χ0) is 10.7. The van der Waals surface area contributed by atoms with Gasteiger partial charge in [0.25, 0.3) is 0 Å². The Hall–Kier alpha value is -0.540. The van der Waals surface area contributed by atoms with Crippen molar-refractivity contribution in [2.45, 2.75) is 46.2 Å². The van der Waals surface area contributed by atoms with E-state index in [1.54, 1.807) is 0 Å². The maximum Gasteiger partial charge on any atom is 0.0847 e. The van der Waals surface area contributed by atoms with E-state index in [4.69, 9.17) is 17.3 Å². The zero-order valence-electron chi connectivity index (χ0n) is 9.05. The highest BCUT2D eigenvalue weighted by molar-refractivity contribution is 6.31. The van der Waals surface area contributed by atoms with Crippen LogP contribution in [0.25, 0.3) is 0 Å². The van der Waals surface area contributed by atoms with Gasteiger partial charge in [-0.2, -0.15) is 5.10 Å². The molecule has 0 amide bonds. The largest absolute Gasteiger partial charge is 0.327 e. The van der Waals surface area contributed by atoms with Crippen LogP contribution in [-0.4, -0.2) is 15.8 Å². The van der Waals surface area contributed by atoms with E-state index < -0.39 is 0 Å². The van der Waals surface area contributed by atoms with Gasteiger partial charge in [-0.05, 0) is 20.3 Å². The Kier molecular flexibility index (Phi) is 3.96. The molecular formula is C10H18ClN3. The molecule has 0 aliphatic rings. The van der Waals surface area contributed by atoms with Crippen LogP contribution in [0.3, 0.4) is 0 Å². The molecule has 0 spiro atoms. The SMILES string of the molecule is CCC(N)Cc1c(Cl)c(C)nn1CC. The summed E-state index contributed by atoms with van der Waals surface area (Å²) in [5, 5.41) is 5.12. The molecule has 3 nitrogen and oxygen atoms in total. The fourth-order valence-electron chi connectivity index (χ4n) is 1.46. The summed E-state index contributed by atoms with van der Waals surface area (Å²) in [5.74, 6) is 0. The number of rotatable bonds is 4. The highest BCUT2D eigenvalue weighted by Crippen LogP contribution is 2.21. The van der Waals surface area contributed by atoms with Crippen LogP contribution in [-0.2, 0) is 13.0 Å². The summed E-state index contributed by atoms with van der Waals surface area (Å²) >= 11 is 6.15. The van der Waals surface area contributed by atoms with Crippen molar-refractivity contribution in [3.05, 3.63) is 16.4 Å². The Balaban J connectivity index is 2.93. The van der Waals surface area contributed by atoms with Gasteiger partial charge in [-0.25, -0.2) is 0 Å². The van der Waals surface area contributed by atoms with Crippen LogP contribution in [0.15, 0.2) is 0 Å². The number of hydrogen-bond acceptors (Lipinski definition) is 2. The van der Waals surface area contributed by atoms with E-state index in [9.17, 15) is 0 Å². The number of aromatic nitrogens is 2. The van der Waals surface area contributed by atoms with Crippen molar-refractivity contribution < 1.29 is 0 Å². The van der Waals surface area contributed by atoms with Crippen LogP contribution in [0.2, 0.25) is 5.02 Å². The molecule has 0 saturated heterocycles. The molecule has 2 N–H and O–H groups in total. The third-order valence-corrected chi connectivity index (χ3v) is 2.92. The van der Waals surface area contributed by atoms with Gasteiger partial charge in [0.15, 0.2) is 0 Å². The smallest absolute Gasteiger partial charge is 0.0847 e. The molecule has 1 aromatic rings. The van der Waals surface area contributed by atoms with Gasteiger partial charge in [-0.3, -0.25) is 4.68 Å². The van der Waals surface area contributed by atoms with E-state index in [0.29, 0.717) is 0 Å². The first kappa shape index (κ1) is 11.5. The van der Waals surface area contributed by atoms with Gasteiger partial charge >= 0.3 is 0 Å². The minimum atomic E-state index is 0.175. The zero-order valence-corrected chi connectivity index (χ0v) is 9.80. The molecule has 0 saturated carbocycles. The lowest BCUT2D eigenvalue weighted by molar-refractivity contribution is 0.568. The molecule has 0 aliphatic carbocycles. The Morgan fingerprint density at radius 1 is 1.50 bits per heavy atom. The van der Waals surface area contributed by atoms with Crippen molar-refractivity contribution >= 4 is 11.6 Å². The van der Waals surface area contributed by atoms with Crippen molar-refractivity contribution in [3.8, 4) is 0 Å². The second-order valence-corrected chi connectivity index (χ2v) is 3.91. The molecule has 0 fully saturated rings. The summed E-state index contributed by atoms with van der Waals surface area (Å²) in [5.41, 5.74) is 7.87. The maximum atomic E-state index is 6.15. The van der Waals surface area contributed by atoms with Crippen LogP contribution in [0, 0.1) is 6.92 Å². The molecule has 1 aromatic heterocycles. The molecule has 0 radical (unpaired) electrons. The fraction of sp³-hybridized carbons (Fsp3) is 0.700. The van der Waals surface area contributed by atoms with E-state index in [1.165, 1.54) is 0 Å². The summed E-state index contributed by atoms with van der Waals surface area (Å²) in [6.45, 7) is 6.91. The summed E-state index contributed by atoms with van der Waals surface area (Å²) in [4.78, 5) is 0. The minimum absolute atomic E-state index is 0.175. The van der Waals surface area contributed by atoms with Crippen LogP contribution in [0.1, 0.15) is 31.7 Å². The number of nitrogens with zero attached hydrogens (tertiary/aromatic N) is 2. The Labute approximate surface area is 90.2 Å². The first-order chi connectivity index (χ1) is 6.60. The quantitative estimate of drug-likeness (QED) is 0.837. The number of hydrogen-bond donors (Lipinski definition) is 1. The number of nitrogens with two attached hydrogens (primary N) is 1. The molecule has 0 aromatic carbocycles. The summed E-state index contributed by atoms with van der Waals surface area (Å²) in [7, 11) is 0. The minimum Gasteiger partial charge on any atom is -0.327 e. The molecule has 1 unspecified atom stereocenters. The van der Waals surface area contributed by atoms with Gasteiger partial charge in [0, 0.05) is 19.0 Å². The topological polar surface area (TPSA) is 43.8 Å². The van der Waals surface area contributed by atoms with Gasteiger partial charge in [-0.15, -0.1) is 0 Å². The van der Waals surface area contributed by atoms with Crippen LogP contribution < -0.4 is 5.73 Å². The maximum absolute atomic E-state index is 6.15. The summed E-state index contributed by atoms with van der Waals surface area (Å²) in [6.07, 6.45) is 1.77. The Bertz CT molecular complexity index is 307.